The van der Waals surface area contributed by atoms with E-state index in [9.17, 15) is 0 Å². The van der Waals surface area contributed by atoms with Crippen molar-refractivity contribution in [1.29, 1.82) is 5.26 Å². The van der Waals surface area contributed by atoms with Gasteiger partial charge >= 0.3 is 0 Å². The Kier molecular flexibility index (Phi) is 3.88. The molecule has 0 bridgehead atoms. The summed E-state index contributed by atoms with van der Waals surface area (Å²) < 4.78 is 0. The summed E-state index contributed by atoms with van der Waals surface area (Å²) in [6, 6.07) is 7.84. The predicted octanol–water partition coefficient (Wildman–Crippen LogP) is 1.69. The Labute approximate surface area is 130 Å². The highest BCUT2D eigenvalue weighted by Crippen LogP contribution is 2.18. The molecule has 3 heterocycles. The molecule has 0 N–H and O–H groups in total. The number of pyridine rings is 1. The van der Waals surface area contributed by atoms with Crippen LogP contribution >= 0.6 is 0 Å². The molecule has 0 radical (unpaired) electrons. The molecule has 1 aliphatic rings. The van der Waals surface area contributed by atoms with E-state index in [0.717, 1.165) is 49.3 Å². The molecule has 3 rings (SSSR count). The molecule has 0 spiro atoms. The van der Waals surface area contributed by atoms with E-state index in [1.165, 1.54) is 0 Å². The maximum Gasteiger partial charge on any atom is 0.132 e. The van der Waals surface area contributed by atoms with Gasteiger partial charge in [-0.15, -0.1) is 0 Å². The third-order valence-corrected chi connectivity index (χ3v) is 3.76. The second-order valence-electron chi connectivity index (χ2n) is 5.41. The second kappa shape index (κ2) is 5.98. The van der Waals surface area contributed by atoms with Gasteiger partial charge in [0.2, 0.25) is 0 Å². The molecule has 6 nitrogen and oxygen atoms in total. The van der Waals surface area contributed by atoms with E-state index in [2.05, 4.69) is 30.8 Å². The Morgan fingerprint density at radius 2 is 1.68 bits per heavy atom. The van der Waals surface area contributed by atoms with Crippen LogP contribution in [0.4, 0.5) is 11.6 Å². The molecule has 0 aromatic carbocycles. The van der Waals surface area contributed by atoms with Gasteiger partial charge in [0.05, 0.1) is 5.56 Å². The number of hydrogen-bond donors (Lipinski definition) is 0. The lowest BCUT2D eigenvalue weighted by atomic mass is 10.2. The lowest BCUT2D eigenvalue weighted by Crippen LogP contribution is -2.47. The molecule has 2 aromatic heterocycles. The number of aromatic nitrogens is 3. The van der Waals surface area contributed by atoms with Crippen molar-refractivity contribution < 1.29 is 0 Å². The number of hydrogen-bond acceptors (Lipinski definition) is 6. The summed E-state index contributed by atoms with van der Waals surface area (Å²) in [7, 11) is 0. The van der Waals surface area contributed by atoms with E-state index in [1.807, 2.05) is 32.0 Å². The van der Waals surface area contributed by atoms with Crippen molar-refractivity contribution in [2.75, 3.05) is 36.0 Å². The van der Waals surface area contributed by atoms with Gasteiger partial charge in [-0.3, -0.25) is 0 Å². The van der Waals surface area contributed by atoms with Crippen molar-refractivity contribution in [2.45, 2.75) is 13.8 Å². The lowest BCUT2D eigenvalue weighted by molar-refractivity contribution is 0.639. The van der Waals surface area contributed by atoms with Gasteiger partial charge in [-0.05, 0) is 26.0 Å². The molecule has 0 unspecified atom stereocenters. The molecule has 1 aliphatic heterocycles. The normalized spacial score (nSPS) is 14.8. The minimum Gasteiger partial charge on any atom is -0.353 e. The summed E-state index contributed by atoms with van der Waals surface area (Å²) in [5, 5.41) is 8.82. The third kappa shape index (κ3) is 2.98. The van der Waals surface area contributed by atoms with Crippen LogP contribution < -0.4 is 9.80 Å². The Morgan fingerprint density at radius 3 is 2.23 bits per heavy atom. The van der Waals surface area contributed by atoms with E-state index < -0.39 is 0 Å². The van der Waals surface area contributed by atoms with Gasteiger partial charge in [0.25, 0.3) is 0 Å². The van der Waals surface area contributed by atoms with Crippen molar-refractivity contribution in [3.63, 3.8) is 0 Å². The fourth-order valence-electron chi connectivity index (χ4n) is 2.66. The average Bonchev–Trinajstić information content (AvgIpc) is 2.54. The van der Waals surface area contributed by atoms with Crippen LogP contribution in [-0.2, 0) is 0 Å². The smallest absolute Gasteiger partial charge is 0.132 e. The van der Waals surface area contributed by atoms with Gasteiger partial charge in [-0.1, -0.05) is 0 Å². The largest absolute Gasteiger partial charge is 0.353 e. The highest BCUT2D eigenvalue weighted by atomic mass is 15.3. The summed E-state index contributed by atoms with van der Waals surface area (Å²) in [4.78, 5) is 17.7. The van der Waals surface area contributed by atoms with Gasteiger partial charge < -0.3 is 9.80 Å². The fraction of sp³-hybridized carbons (Fsp3) is 0.375. The minimum atomic E-state index is 0.592. The zero-order valence-electron chi connectivity index (χ0n) is 12.8. The lowest BCUT2D eigenvalue weighted by Gasteiger charge is -2.36. The first kappa shape index (κ1) is 14.3. The topological polar surface area (TPSA) is 68.9 Å². The fourth-order valence-corrected chi connectivity index (χ4v) is 2.66. The zero-order chi connectivity index (χ0) is 15.5. The molecule has 6 heteroatoms. The number of nitriles is 1. The first-order valence-corrected chi connectivity index (χ1v) is 7.34. The monoisotopic (exact) mass is 294 g/mol. The Hall–Kier alpha value is -2.68. The van der Waals surface area contributed by atoms with Crippen molar-refractivity contribution in [1.82, 2.24) is 15.0 Å². The van der Waals surface area contributed by atoms with Crippen molar-refractivity contribution >= 4 is 11.6 Å². The van der Waals surface area contributed by atoms with Crippen molar-refractivity contribution in [3.05, 3.63) is 41.5 Å². The predicted molar refractivity (Wildman–Crippen MR) is 84.9 cm³/mol. The van der Waals surface area contributed by atoms with E-state index in [-0.39, 0.29) is 0 Å². The zero-order valence-corrected chi connectivity index (χ0v) is 12.8. The van der Waals surface area contributed by atoms with E-state index in [4.69, 9.17) is 5.26 Å². The van der Waals surface area contributed by atoms with Crippen LogP contribution in [0.15, 0.2) is 24.4 Å². The quantitative estimate of drug-likeness (QED) is 0.839. The number of aryl methyl sites for hydroxylation is 2. The first-order valence-electron chi connectivity index (χ1n) is 7.34. The van der Waals surface area contributed by atoms with E-state index in [1.54, 1.807) is 6.20 Å². The van der Waals surface area contributed by atoms with Crippen LogP contribution in [0, 0.1) is 25.2 Å². The summed E-state index contributed by atoms with van der Waals surface area (Å²) in [6.45, 7) is 7.50. The molecule has 112 valence electrons. The number of anilines is 2. The Balaban J connectivity index is 1.68. The third-order valence-electron chi connectivity index (χ3n) is 3.76. The second-order valence-corrected chi connectivity index (χ2v) is 5.41. The van der Waals surface area contributed by atoms with Gasteiger partial charge in [0.15, 0.2) is 0 Å². The van der Waals surface area contributed by atoms with Crippen LogP contribution in [0.3, 0.4) is 0 Å². The standard InChI is InChI=1S/C16H18N6/c1-12-9-16(20-13(2)19-12)22-7-5-21(6-8-22)15-4-3-14(10-17)11-18-15/h3-4,9,11H,5-8H2,1-2H3. The molecular formula is C16H18N6. The molecule has 1 saturated heterocycles. The van der Waals surface area contributed by atoms with Crippen LogP contribution in [0.1, 0.15) is 17.1 Å². The van der Waals surface area contributed by atoms with E-state index >= 15 is 0 Å². The number of piperazine rings is 1. The minimum absolute atomic E-state index is 0.592. The Bertz CT molecular complexity index is 675. The molecule has 0 amide bonds. The maximum atomic E-state index is 8.82. The van der Waals surface area contributed by atoms with Crippen LogP contribution in [0.2, 0.25) is 0 Å². The summed E-state index contributed by atoms with van der Waals surface area (Å²) in [6.07, 6.45) is 1.62. The highest BCUT2D eigenvalue weighted by molar-refractivity contribution is 5.46. The average molecular weight is 294 g/mol. The van der Waals surface area contributed by atoms with Crippen LogP contribution in [0.25, 0.3) is 0 Å². The molecule has 2 aromatic rings. The molecular weight excluding hydrogens is 276 g/mol. The maximum absolute atomic E-state index is 8.82. The highest BCUT2D eigenvalue weighted by Gasteiger charge is 2.19. The Morgan fingerprint density at radius 1 is 1.00 bits per heavy atom. The molecule has 1 fully saturated rings. The number of rotatable bonds is 2. The van der Waals surface area contributed by atoms with Crippen LogP contribution in [0.5, 0.6) is 0 Å². The summed E-state index contributed by atoms with van der Waals surface area (Å²) in [5.74, 6) is 2.73. The molecule has 22 heavy (non-hydrogen) atoms. The van der Waals surface area contributed by atoms with Gasteiger partial charge in [-0.25, -0.2) is 15.0 Å². The first-order chi connectivity index (χ1) is 10.7. The molecule has 0 aliphatic carbocycles. The van der Waals surface area contributed by atoms with Gasteiger partial charge in [0, 0.05) is 44.1 Å². The van der Waals surface area contributed by atoms with Crippen LogP contribution in [-0.4, -0.2) is 41.1 Å². The number of nitrogens with zero attached hydrogens (tertiary/aromatic N) is 6. The summed E-state index contributed by atoms with van der Waals surface area (Å²) in [5.41, 5.74) is 1.59. The van der Waals surface area contributed by atoms with Crippen molar-refractivity contribution in [2.24, 2.45) is 0 Å². The van der Waals surface area contributed by atoms with E-state index in [0.29, 0.717) is 5.56 Å². The molecule has 0 saturated carbocycles. The van der Waals surface area contributed by atoms with Gasteiger partial charge in [0.1, 0.15) is 23.5 Å². The SMILES string of the molecule is Cc1cc(N2CCN(c3ccc(C#N)cn3)CC2)nc(C)n1. The molecule has 0 atom stereocenters. The van der Waals surface area contributed by atoms with Crippen molar-refractivity contribution in [3.8, 4) is 6.07 Å². The van der Waals surface area contributed by atoms with Gasteiger partial charge in [-0.2, -0.15) is 5.26 Å². The summed E-state index contributed by atoms with van der Waals surface area (Å²) >= 11 is 0.